The Balaban J connectivity index is 1.21. The van der Waals surface area contributed by atoms with E-state index < -0.39 is 0 Å². The minimum Gasteiger partial charge on any atom is -0.456 e. The third kappa shape index (κ3) is 5.62. The molecule has 0 bridgehead atoms. The number of anilines is 3. The minimum absolute atomic E-state index is 0.829. The average molecular weight is 690 g/mol. The summed E-state index contributed by atoms with van der Waals surface area (Å²) >= 11 is 0. The second-order valence-corrected chi connectivity index (χ2v) is 13.7. The Kier molecular flexibility index (Phi) is 7.85. The zero-order valence-electron chi connectivity index (χ0n) is 29.6. The van der Waals surface area contributed by atoms with E-state index in [4.69, 9.17) is 4.74 Å². The van der Waals surface area contributed by atoms with Crippen molar-refractivity contribution in [2.75, 3.05) is 4.90 Å². The van der Waals surface area contributed by atoms with Gasteiger partial charge in [0, 0.05) is 33.6 Å². The highest BCUT2D eigenvalue weighted by molar-refractivity contribution is 6.03. The zero-order chi connectivity index (χ0) is 35.8. The molecule has 1 heterocycles. The van der Waals surface area contributed by atoms with Crippen LogP contribution in [0.4, 0.5) is 17.1 Å². The fourth-order valence-electron chi connectivity index (χ4n) is 7.89. The largest absolute Gasteiger partial charge is 0.456 e. The second kappa shape index (κ2) is 13.4. The quantitative estimate of drug-likeness (QED) is 0.172. The molecule has 0 aromatic heterocycles. The number of ether oxygens (including phenoxy) is 1. The minimum atomic E-state index is 0.829. The average Bonchev–Trinajstić information content (AvgIpc) is 3.38. The van der Waals surface area contributed by atoms with Crippen LogP contribution >= 0.6 is 0 Å². The molecule has 0 saturated carbocycles. The van der Waals surface area contributed by atoms with Crippen molar-refractivity contribution in [2.45, 2.75) is 0 Å². The topological polar surface area (TPSA) is 12.5 Å². The van der Waals surface area contributed by atoms with Crippen LogP contribution < -0.4 is 9.64 Å². The van der Waals surface area contributed by atoms with Gasteiger partial charge in [-0.25, -0.2) is 0 Å². The molecule has 2 nitrogen and oxygen atoms in total. The monoisotopic (exact) mass is 689 g/mol. The molecule has 0 radical (unpaired) electrons. The molecule has 9 aromatic rings. The zero-order valence-corrected chi connectivity index (χ0v) is 29.6. The summed E-state index contributed by atoms with van der Waals surface area (Å²) < 4.78 is 6.97. The van der Waals surface area contributed by atoms with Gasteiger partial charge < -0.3 is 9.64 Å². The van der Waals surface area contributed by atoms with E-state index in [0.717, 1.165) is 61.8 Å². The van der Waals surface area contributed by atoms with Crippen molar-refractivity contribution in [2.24, 2.45) is 0 Å². The predicted molar refractivity (Wildman–Crippen MR) is 226 cm³/mol. The number of rotatable bonds is 6. The lowest BCUT2D eigenvalue weighted by atomic mass is 9.87. The van der Waals surface area contributed by atoms with E-state index in [-0.39, 0.29) is 0 Å². The van der Waals surface area contributed by atoms with Gasteiger partial charge in [-0.2, -0.15) is 0 Å². The van der Waals surface area contributed by atoms with Gasteiger partial charge in [-0.05, 0) is 92.7 Å². The van der Waals surface area contributed by atoms with Gasteiger partial charge in [-0.1, -0.05) is 164 Å². The summed E-state index contributed by atoms with van der Waals surface area (Å²) in [5, 5.41) is 2.33. The summed E-state index contributed by atoms with van der Waals surface area (Å²) in [6, 6.07) is 75.8. The van der Waals surface area contributed by atoms with E-state index in [1.807, 2.05) is 0 Å². The van der Waals surface area contributed by atoms with Gasteiger partial charge in [-0.15, -0.1) is 0 Å². The van der Waals surface area contributed by atoms with Gasteiger partial charge in [0.1, 0.15) is 11.5 Å². The van der Waals surface area contributed by atoms with Crippen molar-refractivity contribution >= 4 is 27.8 Å². The summed E-state index contributed by atoms with van der Waals surface area (Å²) in [4.78, 5) is 2.38. The molecule has 0 spiro atoms. The molecule has 0 amide bonds. The maximum absolute atomic E-state index is 6.97. The van der Waals surface area contributed by atoms with Crippen molar-refractivity contribution in [1.29, 1.82) is 0 Å². The van der Waals surface area contributed by atoms with E-state index >= 15 is 0 Å². The van der Waals surface area contributed by atoms with Crippen LogP contribution in [0.25, 0.3) is 66.4 Å². The summed E-state index contributed by atoms with van der Waals surface area (Å²) in [5.74, 6) is 1.68. The van der Waals surface area contributed by atoms with Crippen molar-refractivity contribution in [3.05, 3.63) is 212 Å². The molecule has 0 unspecified atom stereocenters. The summed E-state index contributed by atoms with van der Waals surface area (Å²) in [6.45, 7) is 0. The molecule has 54 heavy (non-hydrogen) atoms. The predicted octanol–water partition coefficient (Wildman–Crippen LogP) is 14.8. The van der Waals surface area contributed by atoms with Gasteiger partial charge >= 0.3 is 0 Å². The molecule has 0 saturated heterocycles. The Hall–Kier alpha value is -7.16. The third-order valence-corrected chi connectivity index (χ3v) is 10.5. The Morgan fingerprint density at radius 1 is 0.296 bits per heavy atom. The first-order chi connectivity index (χ1) is 26.8. The summed E-state index contributed by atoms with van der Waals surface area (Å²) in [7, 11) is 0. The number of para-hydroxylation sites is 1. The van der Waals surface area contributed by atoms with Gasteiger partial charge in [0.15, 0.2) is 0 Å². The molecule has 10 rings (SSSR count). The van der Waals surface area contributed by atoms with Crippen molar-refractivity contribution in [1.82, 2.24) is 0 Å². The van der Waals surface area contributed by atoms with Gasteiger partial charge in [-0.3, -0.25) is 0 Å². The van der Waals surface area contributed by atoms with Gasteiger partial charge in [0.2, 0.25) is 0 Å². The van der Waals surface area contributed by atoms with Crippen molar-refractivity contribution < 1.29 is 4.74 Å². The fraction of sp³-hybridized carbons (Fsp3) is 0. The lowest BCUT2D eigenvalue weighted by Gasteiger charge is -2.29. The van der Waals surface area contributed by atoms with Gasteiger partial charge in [0.05, 0.1) is 5.69 Å². The number of benzene rings is 9. The summed E-state index contributed by atoms with van der Waals surface area (Å²) in [6.07, 6.45) is 0. The third-order valence-electron chi connectivity index (χ3n) is 10.5. The maximum Gasteiger partial charge on any atom is 0.135 e. The Bertz CT molecular complexity index is 2770. The Morgan fingerprint density at radius 2 is 0.833 bits per heavy atom. The first kappa shape index (κ1) is 31.6. The molecule has 254 valence electrons. The Morgan fingerprint density at radius 3 is 1.56 bits per heavy atom. The van der Waals surface area contributed by atoms with Crippen LogP contribution in [0.1, 0.15) is 0 Å². The van der Waals surface area contributed by atoms with Crippen LogP contribution in [-0.4, -0.2) is 0 Å². The molecule has 0 aliphatic carbocycles. The first-order valence-corrected chi connectivity index (χ1v) is 18.4. The second-order valence-electron chi connectivity index (χ2n) is 13.7. The highest BCUT2D eigenvalue weighted by Crippen LogP contribution is 2.53. The number of fused-ring (bicyclic) bond motifs is 6. The molecular weight excluding hydrogens is 655 g/mol. The molecule has 1 aliphatic rings. The number of hydrogen-bond donors (Lipinski definition) is 0. The molecular formula is C52H35NO. The molecule has 2 heteroatoms. The molecule has 0 N–H and O–H groups in total. The van der Waals surface area contributed by atoms with E-state index in [1.54, 1.807) is 0 Å². The standard InChI is InChI=1S/C52H35NO/c1-4-15-36(16-5-1)37-27-29-42(30-28-37)53(49-26-13-12-23-44(49)38-17-6-2-7-18-38)43-31-32-50-47(35-43)46-25-14-24-45(39-19-8-3-9-20-39)52(46)48-33-40-21-10-11-22-41(40)34-51(48)54-50/h1-35H. The Labute approximate surface area is 315 Å². The SMILES string of the molecule is c1ccc(-c2ccc(N(c3ccc4c(c3)-c3cccc(-c5ccccc5)c3-c3cc5ccccc5cc3O4)c3ccccc3-c3ccccc3)cc2)cc1. The smallest absolute Gasteiger partial charge is 0.135 e. The molecule has 1 aliphatic heterocycles. The van der Waals surface area contributed by atoms with E-state index in [0.29, 0.717) is 0 Å². The number of nitrogens with zero attached hydrogens (tertiary/aromatic N) is 1. The van der Waals surface area contributed by atoms with E-state index in [9.17, 15) is 0 Å². The number of hydrogen-bond acceptors (Lipinski definition) is 2. The van der Waals surface area contributed by atoms with E-state index in [1.165, 1.54) is 33.2 Å². The molecule has 9 aromatic carbocycles. The first-order valence-electron chi connectivity index (χ1n) is 18.4. The maximum atomic E-state index is 6.97. The van der Waals surface area contributed by atoms with Gasteiger partial charge in [0.25, 0.3) is 0 Å². The lowest BCUT2D eigenvalue weighted by Crippen LogP contribution is -2.11. The highest BCUT2D eigenvalue weighted by atomic mass is 16.5. The van der Waals surface area contributed by atoms with Crippen LogP contribution in [0.2, 0.25) is 0 Å². The highest BCUT2D eigenvalue weighted by Gasteiger charge is 2.26. The molecule has 0 fully saturated rings. The normalized spacial score (nSPS) is 11.5. The van der Waals surface area contributed by atoms with Crippen molar-refractivity contribution in [3.8, 4) is 67.1 Å². The van der Waals surface area contributed by atoms with Crippen LogP contribution in [0, 0.1) is 0 Å². The van der Waals surface area contributed by atoms with Crippen LogP contribution in [-0.2, 0) is 0 Å². The molecule has 0 atom stereocenters. The fourth-order valence-corrected chi connectivity index (χ4v) is 7.89. The van der Waals surface area contributed by atoms with Crippen LogP contribution in [0.15, 0.2) is 212 Å². The lowest BCUT2D eigenvalue weighted by molar-refractivity contribution is 0.488. The van der Waals surface area contributed by atoms with Crippen LogP contribution in [0.3, 0.4) is 0 Å². The van der Waals surface area contributed by atoms with Crippen molar-refractivity contribution in [3.63, 3.8) is 0 Å². The summed E-state index contributed by atoms with van der Waals surface area (Å²) in [5.41, 5.74) is 14.7. The van der Waals surface area contributed by atoms with Crippen LogP contribution in [0.5, 0.6) is 11.5 Å². The van der Waals surface area contributed by atoms with E-state index in [2.05, 4.69) is 217 Å².